The molecule has 1 aliphatic rings. The number of hydrogen-bond acceptors (Lipinski definition) is 6. The molecule has 0 saturated heterocycles. The molecule has 0 heterocycles. The minimum absolute atomic E-state index is 0.0496. The highest BCUT2D eigenvalue weighted by molar-refractivity contribution is 5.51. The molecule has 158 valence electrons. The second-order valence-corrected chi connectivity index (χ2v) is 7.67. The Kier molecular flexibility index (Phi) is 7.81. The van der Waals surface area contributed by atoms with Gasteiger partial charge in [0.25, 0.3) is 0 Å². The highest BCUT2D eigenvalue weighted by Crippen LogP contribution is 2.33. The summed E-state index contributed by atoms with van der Waals surface area (Å²) in [6, 6.07) is 8.63. The summed E-state index contributed by atoms with van der Waals surface area (Å²) in [4.78, 5) is 0. The van der Waals surface area contributed by atoms with Crippen molar-refractivity contribution in [2.24, 2.45) is 5.41 Å². The van der Waals surface area contributed by atoms with E-state index in [9.17, 15) is 30.6 Å². The van der Waals surface area contributed by atoms with Gasteiger partial charge in [-0.1, -0.05) is 62.4 Å². The van der Waals surface area contributed by atoms with Crippen LogP contribution < -0.4 is 0 Å². The molecular weight excluding hydrogens is 372 g/mol. The third-order valence-electron chi connectivity index (χ3n) is 5.32. The van der Waals surface area contributed by atoms with Gasteiger partial charge in [0.2, 0.25) is 0 Å². The molecule has 1 unspecified atom stereocenters. The zero-order chi connectivity index (χ0) is 21.6. The van der Waals surface area contributed by atoms with Crippen molar-refractivity contribution < 1.29 is 30.6 Å². The van der Waals surface area contributed by atoms with Gasteiger partial charge in [-0.3, -0.25) is 0 Å². The molecular formula is C23H30O6. The molecule has 0 aliphatic heterocycles. The molecule has 1 aromatic rings. The maximum atomic E-state index is 10.2. The van der Waals surface area contributed by atoms with Gasteiger partial charge in [-0.25, -0.2) is 0 Å². The Bertz CT molecular complexity index is 795. The Morgan fingerprint density at radius 2 is 1.52 bits per heavy atom. The number of hydrogen-bond donors (Lipinski definition) is 6. The average molecular weight is 402 g/mol. The third kappa shape index (κ3) is 6.05. The van der Waals surface area contributed by atoms with E-state index in [4.69, 9.17) is 0 Å². The van der Waals surface area contributed by atoms with Crippen LogP contribution in [-0.4, -0.2) is 55.1 Å². The van der Waals surface area contributed by atoms with E-state index in [2.05, 4.69) is 13.8 Å². The Balaban J connectivity index is 2.05. The summed E-state index contributed by atoms with van der Waals surface area (Å²) >= 11 is 0. The fraction of sp³-hybridized carbons (Fsp3) is 0.391. The van der Waals surface area contributed by atoms with Crippen LogP contribution in [0.1, 0.15) is 32.3 Å². The van der Waals surface area contributed by atoms with Crippen molar-refractivity contribution in [3.05, 3.63) is 77.3 Å². The van der Waals surface area contributed by atoms with Crippen molar-refractivity contribution in [1.29, 1.82) is 0 Å². The fourth-order valence-electron chi connectivity index (χ4n) is 2.94. The lowest BCUT2D eigenvalue weighted by Crippen LogP contribution is -2.45. The zero-order valence-corrected chi connectivity index (χ0v) is 16.7. The van der Waals surface area contributed by atoms with Crippen molar-refractivity contribution in [1.82, 2.24) is 0 Å². The molecule has 0 fully saturated rings. The summed E-state index contributed by atoms with van der Waals surface area (Å²) < 4.78 is 0. The lowest BCUT2D eigenvalue weighted by atomic mass is 9.80. The van der Waals surface area contributed by atoms with Crippen LogP contribution in [0, 0.1) is 5.41 Å². The second kappa shape index (κ2) is 9.89. The highest BCUT2D eigenvalue weighted by atomic mass is 16.4. The van der Waals surface area contributed by atoms with E-state index < -0.39 is 35.9 Å². The minimum atomic E-state index is -1.92. The smallest absolute Gasteiger partial charge is 0.139 e. The first-order valence-corrected chi connectivity index (χ1v) is 9.64. The molecule has 1 aromatic carbocycles. The normalized spacial score (nSPS) is 24.6. The molecule has 0 saturated carbocycles. The van der Waals surface area contributed by atoms with Crippen molar-refractivity contribution in [2.45, 2.75) is 51.1 Å². The lowest BCUT2D eigenvalue weighted by Gasteiger charge is -2.27. The number of aliphatic hydroxyl groups is 6. The molecule has 0 spiro atoms. The molecule has 1 aliphatic carbocycles. The van der Waals surface area contributed by atoms with Gasteiger partial charge in [-0.15, -0.1) is 0 Å². The summed E-state index contributed by atoms with van der Waals surface area (Å²) in [5.41, 5.74) is 1.30. The molecule has 5 atom stereocenters. The van der Waals surface area contributed by atoms with Gasteiger partial charge < -0.3 is 30.6 Å². The summed E-state index contributed by atoms with van der Waals surface area (Å²) in [5, 5.41) is 60.7. The quantitative estimate of drug-likeness (QED) is 0.372. The summed E-state index contributed by atoms with van der Waals surface area (Å²) in [7, 11) is 0. The maximum Gasteiger partial charge on any atom is 0.139 e. The van der Waals surface area contributed by atoms with E-state index in [-0.39, 0.29) is 5.41 Å². The first kappa shape index (κ1) is 22.9. The zero-order valence-electron chi connectivity index (χ0n) is 16.7. The van der Waals surface area contributed by atoms with Gasteiger partial charge in [-0.05, 0) is 41.5 Å². The van der Waals surface area contributed by atoms with Crippen molar-refractivity contribution in [2.75, 3.05) is 0 Å². The molecule has 6 heteroatoms. The first-order chi connectivity index (χ1) is 13.7. The Labute approximate surface area is 171 Å². The van der Waals surface area contributed by atoms with Crippen LogP contribution in [0.5, 0.6) is 0 Å². The predicted molar refractivity (Wildman–Crippen MR) is 112 cm³/mol. The van der Waals surface area contributed by atoms with Crippen LogP contribution in [0.4, 0.5) is 0 Å². The van der Waals surface area contributed by atoms with E-state index in [1.807, 2.05) is 18.2 Å². The van der Waals surface area contributed by atoms with Crippen LogP contribution in [0.15, 0.2) is 71.7 Å². The third-order valence-corrected chi connectivity index (χ3v) is 5.32. The maximum absolute atomic E-state index is 10.2. The number of benzene rings is 1. The molecule has 0 radical (unpaired) electrons. The number of rotatable bonds is 8. The summed E-state index contributed by atoms with van der Waals surface area (Å²) in [6.45, 7) is 4.21. The first-order valence-electron chi connectivity index (χ1n) is 9.64. The van der Waals surface area contributed by atoms with Crippen LogP contribution >= 0.6 is 0 Å². The fourth-order valence-corrected chi connectivity index (χ4v) is 2.94. The van der Waals surface area contributed by atoms with E-state index >= 15 is 0 Å². The standard InChI is InChI=1S/C23H30O6/c1-3-23(2)11-9-16(10-12-23)14-18(25)20(27)22(29)21(28)19(26)17(24)13-15-7-5-4-6-8-15/h4-11,13-14,19-22,24-29H,3,12H2,1-2H3/t19-,20+,21-,22-,23?/m1/s1. The largest absolute Gasteiger partial charge is 0.509 e. The molecule has 6 N–H and O–H groups in total. The highest BCUT2D eigenvalue weighted by Gasteiger charge is 2.34. The Hall–Kier alpha value is -2.38. The number of allylic oxidation sites excluding steroid dienone is 5. The minimum Gasteiger partial charge on any atom is -0.509 e. The van der Waals surface area contributed by atoms with Gasteiger partial charge in [-0.2, -0.15) is 0 Å². The molecule has 0 amide bonds. The predicted octanol–water partition coefficient (Wildman–Crippen LogP) is 2.77. The van der Waals surface area contributed by atoms with Crippen LogP contribution in [0.2, 0.25) is 0 Å². The van der Waals surface area contributed by atoms with E-state index in [1.165, 1.54) is 12.2 Å². The monoisotopic (exact) mass is 402 g/mol. The lowest BCUT2D eigenvalue weighted by molar-refractivity contribution is -0.1000. The van der Waals surface area contributed by atoms with Crippen LogP contribution in [-0.2, 0) is 0 Å². The summed E-state index contributed by atoms with van der Waals surface area (Å²) in [5.74, 6) is -1.12. The molecule has 29 heavy (non-hydrogen) atoms. The van der Waals surface area contributed by atoms with E-state index in [0.717, 1.165) is 12.8 Å². The van der Waals surface area contributed by atoms with Crippen molar-refractivity contribution >= 4 is 6.08 Å². The average Bonchev–Trinajstić information content (AvgIpc) is 2.74. The molecule has 0 aromatic heterocycles. The van der Waals surface area contributed by atoms with Gasteiger partial charge in [0.15, 0.2) is 0 Å². The molecule has 0 bridgehead atoms. The molecule has 2 rings (SSSR count). The van der Waals surface area contributed by atoms with Gasteiger partial charge in [0.1, 0.15) is 35.9 Å². The van der Waals surface area contributed by atoms with Crippen LogP contribution in [0.3, 0.4) is 0 Å². The van der Waals surface area contributed by atoms with E-state index in [1.54, 1.807) is 30.3 Å². The Morgan fingerprint density at radius 3 is 2.00 bits per heavy atom. The number of aliphatic hydroxyl groups excluding tert-OH is 6. The van der Waals surface area contributed by atoms with Crippen LogP contribution in [0.25, 0.3) is 6.08 Å². The summed E-state index contributed by atoms with van der Waals surface area (Å²) in [6.07, 6.45) is 2.54. The SMILES string of the molecule is CCC1(C)C=CC(C=C(O)[C@H](O)[C@@H](O)[C@H](O)[C@H](O)C(O)=Cc2ccccc2)=CC1. The van der Waals surface area contributed by atoms with Crippen molar-refractivity contribution in [3.63, 3.8) is 0 Å². The van der Waals surface area contributed by atoms with Crippen molar-refractivity contribution in [3.8, 4) is 0 Å². The molecule has 6 nitrogen and oxygen atoms in total. The second-order valence-electron chi connectivity index (χ2n) is 7.67. The van der Waals surface area contributed by atoms with Gasteiger partial charge >= 0.3 is 0 Å². The van der Waals surface area contributed by atoms with Gasteiger partial charge in [0, 0.05) is 0 Å². The Morgan fingerprint density at radius 1 is 0.966 bits per heavy atom. The van der Waals surface area contributed by atoms with E-state index in [0.29, 0.717) is 11.1 Å². The topological polar surface area (TPSA) is 121 Å². The van der Waals surface area contributed by atoms with Gasteiger partial charge in [0.05, 0.1) is 0 Å².